The molecule has 3 rings (SSSR count). The van der Waals surface area contributed by atoms with E-state index in [1.54, 1.807) is 12.3 Å². The Morgan fingerprint density at radius 3 is 2.85 bits per heavy atom. The minimum Gasteiger partial charge on any atom is -0.311 e. The summed E-state index contributed by atoms with van der Waals surface area (Å²) >= 11 is 3.36. The molecule has 6 heteroatoms. The van der Waals surface area contributed by atoms with Crippen molar-refractivity contribution in [1.29, 1.82) is 0 Å². The molecule has 1 spiro atoms. The number of pyridine rings is 1. The van der Waals surface area contributed by atoms with Crippen molar-refractivity contribution in [2.45, 2.75) is 6.42 Å². The van der Waals surface area contributed by atoms with Crippen LogP contribution in [-0.2, 0) is 4.79 Å². The Labute approximate surface area is 127 Å². The lowest BCUT2D eigenvalue weighted by Crippen LogP contribution is -2.71. The zero-order chi connectivity index (χ0) is 14.2. The molecule has 0 saturated carbocycles. The number of aromatic nitrogens is 1. The molecular weight excluding hydrogens is 320 g/mol. The number of rotatable bonds is 4. The molecule has 0 aromatic carbocycles. The highest BCUT2D eigenvalue weighted by atomic mass is 79.9. The van der Waals surface area contributed by atoms with E-state index in [0.29, 0.717) is 17.7 Å². The van der Waals surface area contributed by atoms with Gasteiger partial charge in [-0.2, -0.15) is 0 Å². The summed E-state index contributed by atoms with van der Waals surface area (Å²) < 4.78 is 0.918. The lowest BCUT2D eigenvalue weighted by Gasteiger charge is -2.59. The van der Waals surface area contributed by atoms with Crippen LogP contribution < -0.4 is 5.32 Å². The minimum absolute atomic E-state index is 0.0299. The van der Waals surface area contributed by atoms with E-state index in [0.717, 1.165) is 24.1 Å². The summed E-state index contributed by atoms with van der Waals surface area (Å²) in [5, 5.41) is 2.83. The van der Waals surface area contributed by atoms with E-state index in [1.807, 2.05) is 6.07 Å². The van der Waals surface area contributed by atoms with Gasteiger partial charge in [-0.05, 0) is 19.2 Å². The Bertz CT molecular complexity index is 508. The third kappa shape index (κ3) is 3.02. The number of halogens is 1. The molecule has 1 aromatic rings. The normalized spacial score (nSPS) is 21.3. The molecule has 5 nitrogen and oxygen atoms in total. The maximum absolute atomic E-state index is 11.9. The van der Waals surface area contributed by atoms with Gasteiger partial charge < -0.3 is 15.1 Å². The van der Waals surface area contributed by atoms with Gasteiger partial charge in [-0.25, -0.2) is 4.98 Å². The maximum atomic E-state index is 11.9. The van der Waals surface area contributed by atoms with Crippen LogP contribution in [0.1, 0.15) is 6.42 Å². The van der Waals surface area contributed by atoms with Crippen LogP contribution in [0.25, 0.3) is 0 Å². The van der Waals surface area contributed by atoms with Gasteiger partial charge in [0.25, 0.3) is 0 Å². The maximum Gasteiger partial charge on any atom is 0.226 e. The van der Waals surface area contributed by atoms with E-state index >= 15 is 0 Å². The van der Waals surface area contributed by atoms with Crippen molar-refractivity contribution in [3.63, 3.8) is 0 Å². The quantitative estimate of drug-likeness (QED) is 0.901. The number of amides is 1. The van der Waals surface area contributed by atoms with Gasteiger partial charge in [0, 0.05) is 55.2 Å². The highest BCUT2D eigenvalue weighted by molar-refractivity contribution is 9.10. The Morgan fingerprint density at radius 1 is 1.45 bits per heavy atom. The van der Waals surface area contributed by atoms with Crippen LogP contribution in [0.5, 0.6) is 0 Å². The molecule has 0 unspecified atom stereocenters. The molecular formula is C14H19BrN4O. The van der Waals surface area contributed by atoms with Gasteiger partial charge in [-0.3, -0.25) is 4.79 Å². The lowest BCUT2D eigenvalue weighted by atomic mass is 9.73. The molecule has 0 atom stereocenters. The van der Waals surface area contributed by atoms with Crippen molar-refractivity contribution in [2.24, 2.45) is 5.41 Å². The van der Waals surface area contributed by atoms with Crippen molar-refractivity contribution in [3.8, 4) is 0 Å². The number of nitrogens with zero attached hydrogens (tertiary/aromatic N) is 3. The van der Waals surface area contributed by atoms with E-state index in [2.05, 4.69) is 43.1 Å². The molecule has 0 radical (unpaired) electrons. The molecule has 2 saturated heterocycles. The first kappa shape index (κ1) is 14.0. The van der Waals surface area contributed by atoms with Gasteiger partial charge in [0.2, 0.25) is 5.91 Å². The van der Waals surface area contributed by atoms with E-state index in [9.17, 15) is 4.79 Å². The van der Waals surface area contributed by atoms with Crippen LogP contribution in [-0.4, -0.2) is 60.5 Å². The molecule has 1 amide bonds. The molecule has 3 heterocycles. The highest BCUT2D eigenvalue weighted by Gasteiger charge is 2.49. The van der Waals surface area contributed by atoms with Gasteiger partial charge in [-0.1, -0.05) is 15.9 Å². The van der Waals surface area contributed by atoms with Crippen LogP contribution in [0.3, 0.4) is 0 Å². The molecule has 1 aromatic heterocycles. The van der Waals surface area contributed by atoms with Gasteiger partial charge in [0.05, 0.1) is 0 Å². The molecule has 108 valence electrons. The Morgan fingerprint density at radius 2 is 2.20 bits per heavy atom. The fourth-order valence-electron chi connectivity index (χ4n) is 3.30. The molecule has 0 bridgehead atoms. The fourth-order valence-corrected chi connectivity index (χ4v) is 3.63. The first-order chi connectivity index (χ1) is 9.55. The largest absolute Gasteiger partial charge is 0.311 e. The third-order valence-corrected chi connectivity index (χ3v) is 4.47. The Kier molecular flexibility index (Phi) is 3.79. The summed E-state index contributed by atoms with van der Waals surface area (Å²) in [6, 6.07) is 3.64. The van der Waals surface area contributed by atoms with Crippen LogP contribution in [0.4, 0.5) is 5.82 Å². The molecule has 1 N–H and O–H groups in total. The average Bonchev–Trinajstić information content (AvgIpc) is 2.30. The van der Waals surface area contributed by atoms with Crippen molar-refractivity contribution in [1.82, 2.24) is 14.8 Å². The summed E-state index contributed by atoms with van der Waals surface area (Å²) in [6.45, 7) is 5.53. The fraction of sp³-hybridized carbons (Fsp3) is 0.571. The topological polar surface area (TPSA) is 48.5 Å². The van der Waals surface area contributed by atoms with Crippen molar-refractivity contribution in [2.75, 3.05) is 45.1 Å². The standard InChI is InChI=1S/C14H19BrN4O/c1-18-7-14(8-18)9-19(10-14)5-3-13(20)17-12-6-11(15)2-4-16-12/h2,4,6H,3,5,7-10H2,1H3,(H,16,17,20). The molecule has 20 heavy (non-hydrogen) atoms. The smallest absolute Gasteiger partial charge is 0.226 e. The summed E-state index contributed by atoms with van der Waals surface area (Å²) in [5.74, 6) is 0.632. The monoisotopic (exact) mass is 338 g/mol. The lowest BCUT2D eigenvalue weighted by molar-refractivity contribution is -0.121. The number of likely N-dealkylation sites (tertiary alicyclic amines) is 2. The predicted molar refractivity (Wildman–Crippen MR) is 81.6 cm³/mol. The summed E-state index contributed by atoms with van der Waals surface area (Å²) in [5.41, 5.74) is 0.539. The molecule has 2 aliphatic rings. The first-order valence-electron chi connectivity index (χ1n) is 6.87. The summed E-state index contributed by atoms with van der Waals surface area (Å²) in [7, 11) is 2.16. The second kappa shape index (κ2) is 5.42. The zero-order valence-corrected chi connectivity index (χ0v) is 13.2. The van der Waals surface area contributed by atoms with E-state index in [1.165, 1.54) is 13.1 Å². The number of carbonyl (C=O) groups is 1. The predicted octanol–water partition coefficient (Wildman–Crippen LogP) is 1.42. The first-order valence-corrected chi connectivity index (χ1v) is 7.66. The van der Waals surface area contributed by atoms with E-state index in [-0.39, 0.29) is 5.91 Å². The van der Waals surface area contributed by atoms with Gasteiger partial charge in [0.1, 0.15) is 5.82 Å². The number of nitrogens with one attached hydrogen (secondary N) is 1. The summed E-state index contributed by atoms with van der Waals surface area (Å²) in [6.07, 6.45) is 2.20. The van der Waals surface area contributed by atoms with Crippen LogP contribution in [0.15, 0.2) is 22.8 Å². The van der Waals surface area contributed by atoms with E-state index in [4.69, 9.17) is 0 Å². The molecule has 2 aliphatic heterocycles. The van der Waals surface area contributed by atoms with Crippen molar-refractivity contribution < 1.29 is 4.79 Å². The minimum atomic E-state index is 0.0299. The number of carbonyl (C=O) groups excluding carboxylic acids is 1. The Hall–Kier alpha value is -0.980. The Balaban J connectivity index is 1.38. The van der Waals surface area contributed by atoms with Crippen molar-refractivity contribution >= 4 is 27.7 Å². The highest BCUT2D eigenvalue weighted by Crippen LogP contribution is 2.38. The second-order valence-electron chi connectivity index (χ2n) is 6.04. The van der Waals surface area contributed by atoms with Crippen LogP contribution >= 0.6 is 15.9 Å². The summed E-state index contributed by atoms with van der Waals surface area (Å²) in [4.78, 5) is 20.7. The number of anilines is 1. The average molecular weight is 339 g/mol. The van der Waals surface area contributed by atoms with Gasteiger partial charge in [0.15, 0.2) is 0 Å². The molecule has 2 fully saturated rings. The molecule has 0 aliphatic carbocycles. The number of hydrogen-bond donors (Lipinski definition) is 1. The SMILES string of the molecule is CN1CC2(C1)CN(CCC(=O)Nc1cc(Br)ccn1)C2. The zero-order valence-electron chi connectivity index (χ0n) is 11.6. The van der Waals surface area contributed by atoms with E-state index < -0.39 is 0 Å². The second-order valence-corrected chi connectivity index (χ2v) is 6.96. The van der Waals surface area contributed by atoms with Crippen molar-refractivity contribution in [3.05, 3.63) is 22.8 Å². The van der Waals surface area contributed by atoms with Gasteiger partial charge >= 0.3 is 0 Å². The van der Waals surface area contributed by atoms with Crippen LogP contribution in [0, 0.1) is 5.41 Å². The van der Waals surface area contributed by atoms with Crippen LogP contribution in [0.2, 0.25) is 0 Å². The third-order valence-electron chi connectivity index (χ3n) is 3.97. The van der Waals surface area contributed by atoms with Gasteiger partial charge in [-0.15, -0.1) is 0 Å². The number of hydrogen-bond acceptors (Lipinski definition) is 4.